The lowest BCUT2D eigenvalue weighted by atomic mass is 9.74. The monoisotopic (exact) mass is 660 g/mol. The van der Waals surface area contributed by atoms with Crippen molar-refractivity contribution in [1.29, 1.82) is 0 Å². The molecule has 0 bridgehead atoms. The van der Waals surface area contributed by atoms with Crippen LogP contribution >= 0.6 is 0 Å². The van der Waals surface area contributed by atoms with Gasteiger partial charge in [-0.3, -0.25) is 4.79 Å². The first-order valence-corrected chi connectivity index (χ1v) is 14.7. The molecule has 0 spiro atoms. The molecule has 3 heterocycles. The normalized spacial score (nSPS) is 43.0. The minimum atomic E-state index is -1.81. The van der Waals surface area contributed by atoms with Crippen LogP contribution in [0, 0.1) is 5.92 Å². The third kappa shape index (κ3) is 6.48. The molecule has 2 saturated heterocycles. The van der Waals surface area contributed by atoms with E-state index >= 15 is 0 Å². The van der Waals surface area contributed by atoms with Gasteiger partial charge in [-0.05, 0) is 17.7 Å². The summed E-state index contributed by atoms with van der Waals surface area (Å²) in [4.78, 5) is 13.5. The highest BCUT2D eigenvalue weighted by molar-refractivity contribution is 6.22. The quantitative estimate of drug-likeness (QED) is 0.123. The molecule has 1 aromatic carbocycles. The van der Waals surface area contributed by atoms with Crippen LogP contribution in [0.4, 0.5) is 0 Å². The number of carbonyl (C=O) groups is 1. The highest BCUT2D eigenvalue weighted by atomic mass is 16.7. The van der Waals surface area contributed by atoms with E-state index in [9.17, 15) is 50.8 Å². The number of aliphatic hydroxyl groups excluding tert-OH is 8. The highest BCUT2D eigenvalue weighted by Crippen LogP contribution is 2.40. The number of methoxy groups -OCH3 is 2. The maximum Gasteiger partial charge on any atom is 0.229 e. The minimum Gasteiger partial charge on any atom is -0.504 e. The van der Waals surface area contributed by atoms with Crippen LogP contribution < -0.4 is 4.74 Å². The van der Waals surface area contributed by atoms with Gasteiger partial charge in [0.25, 0.3) is 0 Å². The van der Waals surface area contributed by atoms with Crippen LogP contribution in [0.25, 0.3) is 5.57 Å². The van der Waals surface area contributed by atoms with Gasteiger partial charge < -0.3 is 79.1 Å². The summed E-state index contributed by atoms with van der Waals surface area (Å²) in [7, 11) is 2.81. The lowest BCUT2D eigenvalue weighted by Gasteiger charge is -2.44. The second kappa shape index (κ2) is 14.3. The number of aromatic hydroxyl groups is 1. The smallest absolute Gasteiger partial charge is 0.229 e. The van der Waals surface area contributed by atoms with Gasteiger partial charge in [-0.15, -0.1) is 0 Å². The lowest BCUT2D eigenvalue weighted by Crippen LogP contribution is -2.62. The van der Waals surface area contributed by atoms with Gasteiger partial charge in [-0.25, -0.2) is 0 Å². The summed E-state index contributed by atoms with van der Waals surface area (Å²) in [6.45, 7) is -1.26. The van der Waals surface area contributed by atoms with Crippen molar-refractivity contribution in [3.63, 3.8) is 0 Å². The van der Waals surface area contributed by atoms with Gasteiger partial charge in [0.2, 0.25) is 6.29 Å². The predicted molar refractivity (Wildman–Crippen MR) is 149 cm³/mol. The Morgan fingerprint density at radius 2 is 1.48 bits per heavy atom. The number of fused-ring (bicyclic) bond motifs is 1. The number of ether oxygens (including phenoxy) is 7. The van der Waals surface area contributed by atoms with Crippen molar-refractivity contribution in [2.75, 3.05) is 27.4 Å². The minimum absolute atomic E-state index is 0.103. The molecule has 1 aliphatic carbocycles. The molecule has 15 unspecified atom stereocenters. The van der Waals surface area contributed by atoms with Crippen molar-refractivity contribution >= 4 is 11.4 Å². The summed E-state index contributed by atoms with van der Waals surface area (Å²) in [5.41, 5.74) is 0.351. The molecule has 1 saturated carbocycles. The zero-order valence-electron chi connectivity index (χ0n) is 24.9. The van der Waals surface area contributed by atoms with Crippen molar-refractivity contribution in [3.8, 4) is 11.5 Å². The molecular weight excluding hydrogens is 620 g/mol. The Bertz CT molecular complexity index is 1240. The fourth-order valence-corrected chi connectivity index (χ4v) is 6.19. The molecule has 4 aliphatic rings. The van der Waals surface area contributed by atoms with Crippen molar-refractivity contribution in [2.24, 2.45) is 5.92 Å². The second-order valence-corrected chi connectivity index (χ2v) is 11.6. The summed E-state index contributed by atoms with van der Waals surface area (Å²) < 4.78 is 38.4. The topological polar surface area (TPSA) is 264 Å². The SMILES string of the molecule is COC1CC2OC=C(c3ccc(OC4OC(COC5OC(CO)C(O)C(O)C5O)C(O)C(O)C4O)c(O)c3)C(=O)C2C(OC)C1O. The molecule has 3 fully saturated rings. The third-order valence-electron chi connectivity index (χ3n) is 8.90. The predicted octanol–water partition coefficient (Wildman–Crippen LogP) is -3.89. The lowest BCUT2D eigenvalue weighted by molar-refractivity contribution is -0.323. The van der Waals surface area contributed by atoms with Crippen LogP contribution in [0.2, 0.25) is 0 Å². The van der Waals surface area contributed by atoms with Crippen LogP contribution in [0.1, 0.15) is 12.0 Å². The average molecular weight is 661 g/mol. The Balaban J connectivity index is 1.27. The van der Waals surface area contributed by atoms with E-state index in [2.05, 4.69) is 0 Å². The van der Waals surface area contributed by atoms with Crippen LogP contribution in [0.3, 0.4) is 0 Å². The number of benzene rings is 1. The van der Waals surface area contributed by atoms with Gasteiger partial charge in [0.15, 0.2) is 23.6 Å². The molecule has 15 atom stereocenters. The Morgan fingerprint density at radius 1 is 0.826 bits per heavy atom. The number of Topliss-reactive ketones (excluding diaryl/α,β-unsaturated/α-hetero) is 1. The molecule has 0 amide bonds. The molecule has 17 nitrogen and oxygen atoms in total. The van der Waals surface area contributed by atoms with Gasteiger partial charge in [0, 0.05) is 20.6 Å². The van der Waals surface area contributed by atoms with Crippen LogP contribution in [-0.2, 0) is 33.2 Å². The van der Waals surface area contributed by atoms with Gasteiger partial charge in [-0.2, -0.15) is 0 Å². The van der Waals surface area contributed by atoms with E-state index in [4.69, 9.17) is 33.2 Å². The Kier molecular flexibility index (Phi) is 10.8. The average Bonchev–Trinajstić information content (AvgIpc) is 3.05. The first-order valence-electron chi connectivity index (χ1n) is 14.7. The van der Waals surface area contributed by atoms with Gasteiger partial charge in [0.05, 0.1) is 43.2 Å². The number of aliphatic hydroxyl groups is 8. The van der Waals surface area contributed by atoms with Gasteiger partial charge in [-0.1, -0.05) is 6.07 Å². The molecular formula is C29H40O17. The molecule has 0 aromatic heterocycles. The van der Waals surface area contributed by atoms with Crippen molar-refractivity contribution in [2.45, 2.75) is 92.2 Å². The number of phenols is 1. The van der Waals surface area contributed by atoms with E-state index in [-0.39, 0.29) is 29.1 Å². The third-order valence-corrected chi connectivity index (χ3v) is 8.90. The van der Waals surface area contributed by atoms with Crippen LogP contribution in [-0.4, -0.2) is 165 Å². The molecule has 5 rings (SSSR count). The molecule has 17 heteroatoms. The molecule has 3 aliphatic heterocycles. The van der Waals surface area contributed by atoms with Crippen molar-refractivity contribution in [3.05, 3.63) is 30.0 Å². The van der Waals surface area contributed by atoms with E-state index < -0.39 is 111 Å². The number of hydrogen-bond donors (Lipinski definition) is 9. The summed E-state index contributed by atoms with van der Waals surface area (Å²) in [6, 6.07) is 3.92. The summed E-state index contributed by atoms with van der Waals surface area (Å²) >= 11 is 0. The van der Waals surface area contributed by atoms with Crippen LogP contribution in [0.15, 0.2) is 24.5 Å². The number of carbonyl (C=O) groups excluding carboxylic acids is 1. The maximum atomic E-state index is 13.5. The maximum absolute atomic E-state index is 13.5. The first kappa shape index (κ1) is 34.8. The van der Waals surface area contributed by atoms with E-state index in [1.165, 1.54) is 38.7 Å². The van der Waals surface area contributed by atoms with Gasteiger partial charge >= 0.3 is 0 Å². The molecule has 1 aromatic rings. The number of ketones is 1. The highest BCUT2D eigenvalue weighted by Gasteiger charge is 2.52. The van der Waals surface area contributed by atoms with E-state index in [1.807, 2.05) is 0 Å². The molecule has 9 N–H and O–H groups in total. The molecule has 258 valence electrons. The number of rotatable bonds is 9. The van der Waals surface area contributed by atoms with E-state index in [0.717, 1.165) is 0 Å². The number of hydrogen-bond acceptors (Lipinski definition) is 17. The number of phenolic OH excluding ortho intramolecular Hbond substituents is 1. The van der Waals surface area contributed by atoms with Gasteiger partial charge in [0.1, 0.15) is 61.0 Å². The number of allylic oxidation sites excluding steroid dienone is 1. The Hall–Kier alpha value is -2.49. The zero-order valence-corrected chi connectivity index (χ0v) is 24.9. The van der Waals surface area contributed by atoms with Crippen molar-refractivity contribution < 1.29 is 83.9 Å². The largest absolute Gasteiger partial charge is 0.504 e. The summed E-state index contributed by atoms with van der Waals surface area (Å²) in [5, 5.41) is 92.3. The Labute approximate surface area is 262 Å². The summed E-state index contributed by atoms with van der Waals surface area (Å²) in [5.74, 6) is -1.93. The molecule has 0 radical (unpaired) electrons. The molecule has 46 heavy (non-hydrogen) atoms. The first-order chi connectivity index (χ1) is 21.9. The second-order valence-electron chi connectivity index (χ2n) is 11.6. The fraction of sp³-hybridized carbons (Fsp3) is 0.690. The van der Waals surface area contributed by atoms with E-state index in [0.29, 0.717) is 0 Å². The Morgan fingerprint density at radius 3 is 2.11 bits per heavy atom. The zero-order chi connectivity index (χ0) is 33.4. The summed E-state index contributed by atoms with van der Waals surface area (Å²) in [6.07, 6.45) is -17.9. The van der Waals surface area contributed by atoms with E-state index in [1.54, 1.807) is 0 Å². The van der Waals surface area contributed by atoms with Crippen LogP contribution in [0.5, 0.6) is 11.5 Å². The standard InChI is InChI=1S/C29H40O17/c1-40-15-6-14-18(27(41-2)22(15)35)19(32)11(8-42-14)10-3-4-13(12(31)5-10)44-29-26(39)24(37)21(34)17(46-29)9-43-28-25(38)23(36)20(33)16(7-30)45-28/h3-5,8,14-18,20-31,33-39H,6-7,9H2,1-2H3. The van der Waals surface area contributed by atoms with Crippen molar-refractivity contribution in [1.82, 2.24) is 0 Å². The fourth-order valence-electron chi connectivity index (χ4n) is 6.19.